The zero-order valence-corrected chi connectivity index (χ0v) is 20.3. The molecule has 4 aliphatic rings. The molecule has 7 nitrogen and oxygen atoms in total. The van der Waals surface area contributed by atoms with Gasteiger partial charge in [-0.2, -0.15) is 0 Å². The first-order valence-corrected chi connectivity index (χ1v) is 12.7. The molecule has 1 aliphatic carbocycles. The van der Waals surface area contributed by atoms with Crippen molar-refractivity contribution in [2.75, 3.05) is 5.32 Å². The second kappa shape index (κ2) is 8.84. The zero-order chi connectivity index (χ0) is 24.0. The fraction of sp³-hybridized carbons (Fsp3) is 0.593. The molecule has 1 spiro atoms. The van der Waals surface area contributed by atoms with Crippen LogP contribution in [0.25, 0.3) is 0 Å². The van der Waals surface area contributed by atoms with E-state index in [4.69, 9.17) is 4.74 Å². The van der Waals surface area contributed by atoms with Crippen LogP contribution in [0.1, 0.15) is 57.9 Å². The van der Waals surface area contributed by atoms with E-state index in [0.29, 0.717) is 5.69 Å². The Bertz CT molecular complexity index is 1000. The number of carbonyl (C=O) groups is 3. The fourth-order valence-corrected chi connectivity index (χ4v) is 6.27. The minimum atomic E-state index is -1.10. The number of likely N-dealkylation sites (tertiary alicyclic amines) is 1. The molecule has 3 heterocycles. The van der Waals surface area contributed by atoms with Gasteiger partial charge < -0.3 is 20.3 Å². The van der Waals surface area contributed by atoms with Crippen molar-refractivity contribution >= 4 is 23.4 Å². The summed E-state index contributed by atoms with van der Waals surface area (Å²) < 4.78 is 6.40. The van der Waals surface area contributed by atoms with Crippen molar-refractivity contribution in [3.8, 4) is 0 Å². The van der Waals surface area contributed by atoms with Gasteiger partial charge in [-0.05, 0) is 45.2 Å². The highest BCUT2D eigenvalue weighted by molar-refractivity contribution is 6.02. The standard InChI is InChI=1S/C27H35N3O4/c1-4-17(3)30-23(25(32)29-18-8-6-5-7-9-18)27-15-14-20(34-27)21(22(27)26(30)33)24(31)28-19-12-10-16(2)11-13-19/h10-15,17-18,20-23H,4-9H2,1-3H3,(H,28,31)(H,29,32)/t17?,20-,21?,22-,23?,27?/m1/s1. The van der Waals surface area contributed by atoms with E-state index < -0.39 is 29.6 Å². The predicted octanol–water partition coefficient (Wildman–Crippen LogP) is 3.33. The first-order chi connectivity index (χ1) is 16.4. The summed E-state index contributed by atoms with van der Waals surface area (Å²) in [4.78, 5) is 42.7. The van der Waals surface area contributed by atoms with Crippen LogP contribution in [-0.4, -0.2) is 52.5 Å². The van der Waals surface area contributed by atoms with E-state index in [1.807, 2.05) is 57.2 Å². The summed E-state index contributed by atoms with van der Waals surface area (Å²) in [6.07, 6.45) is 9.30. The lowest BCUT2D eigenvalue weighted by Crippen LogP contribution is -2.58. The molecule has 1 aromatic rings. The third kappa shape index (κ3) is 3.65. The van der Waals surface area contributed by atoms with E-state index in [1.165, 1.54) is 6.42 Å². The van der Waals surface area contributed by atoms with Crippen molar-refractivity contribution in [3.05, 3.63) is 42.0 Å². The molecule has 5 rings (SSSR count). The Kier molecular flexibility index (Phi) is 6.00. The molecule has 3 amide bonds. The van der Waals surface area contributed by atoms with Gasteiger partial charge in [0.2, 0.25) is 17.7 Å². The highest BCUT2D eigenvalue weighted by Crippen LogP contribution is 2.55. The van der Waals surface area contributed by atoms with E-state index in [-0.39, 0.29) is 29.8 Å². The Labute approximate surface area is 201 Å². The average Bonchev–Trinajstić information content (AvgIpc) is 3.48. The molecule has 0 aromatic heterocycles. The van der Waals surface area contributed by atoms with E-state index in [9.17, 15) is 14.4 Å². The van der Waals surface area contributed by atoms with Crippen LogP contribution in [0.5, 0.6) is 0 Å². The molecule has 1 aromatic carbocycles. The van der Waals surface area contributed by atoms with Gasteiger partial charge >= 0.3 is 0 Å². The lowest BCUT2D eigenvalue weighted by atomic mass is 9.74. The van der Waals surface area contributed by atoms with Crippen molar-refractivity contribution in [1.82, 2.24) is 10.2 Å². The smallest absolute Gasteiger partial charge is 0.246 e. The van der Waals surface area contributed by atoms with Crippen LogP contribution in [0.2, 0.25) is 0 Å². The van der Waals surface area contributed by atoms with E-state index >= 15 is 0 Å². The van der Waals surface area contributed by atoms with Crippen LogP contribution in [0, 0.1) is 18.8 Å². The third-order valence-corrected chi connectivity index (χ3v) is 8.20. The van der Waals surface area contributed by atoms with Crippen LogP contribution in [0.3, 0.4) is 0 Å². The van der Waals surface area contributed by atoms with Crippen LogP contribution in [-0.2, 0) is 19.1 Å². The summed E-state index contributed by atoms with van der Waals surface area (Å²) in [5, 5.41) is 6.19. The summed E-state index contributed by atoms with van der Waals surface area (Å²) in [6.45, 7) is 5.96. The monoisotopic (exact) mass is 465 g/mol. The minimum Gasteiger partial charge on any atom is -0.359 e. The van der Waals surface area contributed by atoms with Crippen molar-refractivity contribution < 1.29 is 19.1 Å². The fourth-order valence-electron chi connectivity index (χ4n) is 6.27. The predicted molar refractivity (Wildman–Crippen MR) is 129 cm³/mol. The van der Waals surface area contributed by atoms with Gasteiger partial charge in [-0.25, -0.2) is 0 Å². The van der Waals surface area contributed by atoms with E-state index in [0.717, 1.165) is 37.7 Å². The quantitative estimate of drug-likeness (QED) is 0.631. The molecular weight excluding hydrogens is 430 g/mol. The zero-order valence-electron chi connectivity index (χ0n) is 20.3. The minimum absolute atomic E-state index is 0.133. The molecule has 2 saturated heterocycles. The Hall–Kier alpha value is -2.67. The molecule has 2 N–H and O–H groups in total. The number of aryl methyl sites for hydroxylation is 1. The van der Waals surface area contributed by atoms with Crippen molar-refractivity contribution in [2.45, 2.75) is 89.1 Å². The van der Waals surface area contributed by atoms with Crippen LogP contribution in [0.15, 0.2) is 36.4 Å². The molecule has 3 fully saturated rings. The molecule has 2 bridgehead atoms. The number of fused-ring (bicyclic) bond motifs is 1. The first-order valence-electron chi connectivity index (χ1n) is 12.7. The van der Waals surface area contributed by atoms with Gasteiger partial charge in [0.1, 0.15) is 11.6 Å². The SMILES string of the molecule is CCC(C)N1C(=O)[C@H]2C(C(=O)Nc3ccc(C)cc3)[C@H]3C=CC2(O3)C1C(=O)NC1CCCCC1. The van der Waals surface area contributed by atoms with Crippen molar-refractivity contribution in [1.29, 1.82) is 0 Å². The summed E-state index contributed by atoms with van der Waals surface area (Å²) in [5.74, 6) is -1.93. The van der Waals surface area contributed by atoms with Gasteiger partial charge in [0.25, 0.3) is 0 Å². The molecule has 7 heteroatoms. The summed E-state index contributed by atoms with van der Waals surface area (Å²) in [6, 6.07) is 6.82. The second-order valence-electron chi connectivity index (χ2n) is 10.4. The van der Waals surface area contributed by atoms with Crippen LogP contribution in [0.4, 0.5) is 5.69 Å². The highest BCUT2D eigenvalue weighted by atomic mass is 16.5. The maximum absolute atomic E-state index is 13.8. The third-order valence-electron chi connectivity index (χ3n) is 8.20. The lowest BCUT2D eigenvalue weighted by Gasteiger charge is -2.36. The molecule has 4 unspecified atom stereocenters. The number of nitrogens with one attached hydrogen (secondary N) is 2. The number of carbonyl (C=O) groups excluding carboxylic acids is 3. The Morgan fingerprint density at radius 2 is 1.85 bits per heavy atom. The first kappa shape index (κ1) is 23.1. The summed E-state index contributed by atoms with van der Waals surface area (Å²) in [5.41, 5.74) is 0.691. The Balaban J connectivity index is 1.44. The number of anilines is 1. The Morgan fingerprint density at radius 1 is 1.15 bits per heavy atom. The normalized spacial score (nSPS) is 33.1. The maximum Gasteiger partial charge on any atom is 0.246 e. The van der Waals surface area contributed by atoms with Gasteiger partial charge in [-0.15, -0.1) is 0 Å². The number of hydrogen-bond acceptors (Lipinski definition) is 4. The molecule has 182 valence electrons. The topological polar surface area (TPSA) is 87.7 Å². The number of amides is 3. The number of benzene rings is 1. The number of rotatable bonds is 6. The van der Waals surface area contributed by atoms with Crippen LogP contribution >= 0.6 is 0 Å². The molecule has 1 saturated carbocycles. The molecule has 3 aliphatic heterocycles. The largest absolute Gasteiger partial charge is 0.359 e. The van der Waals surface area contributed by atoms with Crippen LogP contribution < -0.4 is 10.6 Å². The summed E-state index contributed by atoms with van der Waals surface area (Å²) >= 11 is 0. The average molecular weight is 466 g/mol. The Morgan fingerprint density at radius 3 is 2.53 bits per heavy atom. The van der Waals surface area contributed by atoms with E-state index in [2.05, 4.69) is 10.6 Å². The second-order valence-corrected chi connectivity index (χ2v) is 10.4. The van der Waals surface area contributed by atoms with Crippen molar-refractivity contribution in [2.24, 2.45) is 11.8 Å². The number of nitrogens with zero attached hydrogens (tertiary/aromatic N) is 1. The van der Waals surface area contributed by atoms with E-state index in [1.54, 1.807) is 4.90 Å². The van der Waals surface area contributed by atoms with Gasteiger partial charge in [0.05, 0.1) is 17.9 Å². The number of ether oxygens (including phenoxy) is 1. The van der Waals surface area contributed by atoms with Gasteiger partial charge in [0, 0.05) is 17.8 Å². The maximum atomic E-state index is 13.8. The summed E-state index contributed by atoms with van der Waals surface area (Å²) in [7, 11) is 0. The number of hydrogen-bond donors (Lipinski definition) is 2. The molecule has 6 atom stereocenters. The molecular formula is C27H35N3O4. The van der Waals surface area contributed by atoms with Gasteiger partial charge in [-0.1, -0.05) is 56.0 Å². The lowest BCUT2D eigenvalue weighted by molar-refractivity contribution is -0.143. The molecule has 0 radical (unpaired) electrons. The highest BCUT2D eigenvalue weighted by Gasteiger charge is 2.73. The van der Waals surface area contributed by atoms with Gasteiger partial charge in [-0.3, -0.25) is 14.4 Å². The van der Waals surface area contributed by atoms with Gasteiger partial charge in [0.15, 0.2) is 0 Å². The molecule has 34 heavy (non-hydrogen) atoms. The van der Waals surface area contributed by atoms with Crippen molar-refractivity contribution in [3.63, 3.8) is 0 Å².